The van der Waals surface area contributed by atoms with Crippen LogP contribution < -0.4 is 10.1 Å². The van der Waals surface area contributed by atoms with E-state index in [4.69, 9.17) is 4.74 Å². The van der Waals surface area contributed by atoms with Crippen LogP contribution in [-0.2, 0) is 0 Å². The van der Waals surface area contributed by atoms with E-state index in [1.165, 1.54) is 27.8 Å². The van der Waals surface area contributed by atoms with Crippen molar-refractivity contribution >= 4 is 15.9 Å². The third-order valence-electron chi connectivity index (χ3n) is 3.85. The molecule has 2 aromatic rings. The number of ether oxygens (including phenoxy) is 1. The van der Waals surface area contributed by atoms with Crippen molar-refractivity contribution in [3.8, 4) is 5.75 Å². The summed E-state index contributed by atoms with van der Waals surface area (Å²) in [6.07, 6.45) is 0. The molecule has 2 rings (SSSR count). The lowest BCUT2D eigenvalue weighted by molar-refractivity contribution is 0.408. The largest absolute Gasteiger partial charge is 0.496 e. The average Bonchev–Trinajstić information content (AvgIpc) is 2.41. The Bertz CT molecular complexity index is 629. The molecule has 0 amide bonds. The fourth-order valence-electron chi connectivity index (χ4n) is 2.94. The zero-order valence-electron chi connectivity index (χ0n) is 13.3. The molecular formula is C18H22BrNO. The van der Waals surface area contributed by atoms with E-state index >= 15 is 0 Å². The average molecular weight is 348 g/mol. The van der Waals surface area contributed by atoms with Gasteiger partial charge in [-0.1, -0.05) is 34.1 Å². The summed E-state index contributed by atoms with van der Waals surface area (Å²) in [5.41, 5.74) is 6.17. The van der Waals surface area contributed by atoms with E-state index in [1.807, 2.05) is 7.05 Å². The number of nitrogens with one attached hydrogen (secondary N) is 1. The molecule has 0 bridgehead atoms. The van der Waals surface area contributed by atoms with Crippen molar-refractivity contribution < 1.29 is 4.74 Å². The van der Waals surface area contributed by atoms with Crippen LogP contribution in [0.2, 0.25) is 0 Å². The summed E-state index contributed by atoms with van der Waals surface area (Å²) in [6, 6.07) is 11.0. The molecule has 0 radical (unpaired) electrons. The van der Waals surface area contributed by atoms with Gasteiger partial charge >= 0.3 is 0 Å². The molecule has 0 saturated heterocycles. The van der Waals surface area contributed by atoms with Gasteiger partial charge in [0.1, 0.15) is 5.75 Å². The van der Waals surface area contributed by atoms with Gasteiger partial charge in [0.25, 0.3) is 0 Å². The van der Waals surface area contributed by atoms with Crippen LogP contribution >= 0.6 is 15.9 Å². The van der Waals surface area contributed by atoms with Crippen LogP contribution in [0.3, 0.4) is 0 Å². The van der Waals surface area contributed by atoms with Gasteiger partial charge in [-0.05, 0) is 67.8 Å². The van der Waals surface area contributed by atoms with Crippen molar-refractivity contribution in [2.24, 2.45) is 0 Å². The first-order chi connectivity index (χ1) is 9.97. The molecule has 2 nitrogen and oxygen atoms in total. The van der Waals surface area contributed by atoms with Crippen LogP contribution in [0.25, 0.3) is 0 Å². The molecule has 0 aliphatic carbocycles. The first-order valence-electron chi connectivity index (χ1n) is 7.06. The molecule has 1 N–H and O–H groups in total. The molecule has 0 aromatic heterocycles. The third-order valence-corrected chi connectivity index (χ3v) is 4.34. The quantitative estimate of drug-likeness (QED) is 0.865. The molecule has 2 aromatic carbocycles. The maximum Gasteiger partial charge on any atom is 0.124 e. The second-order valence-electron chi connectivity index (χ2n) is 5.41. The summed E-state index contributed by atoms with van der Waals surface area (Å²) >= 11 is 3.53. The number of hydrogen-bond acceptors (Lipinski definition) is 2. The van der Waals surface area contributed by atoms with Crippen molar-refractivity contribution in [2.75, 3.05) is 14.2 Å². The second kappa shape index (κ2) is 6.63. The Morgan fingerprint density at radius 1 is 1.00 bits per heavy atom. The molecule has 0 fully saturated rings. The van der Waals surface area contributed by atoms with Gasteiger partial charge in [-0.3, -0.25) is 0 Å². The first kappa shape index (κ1) is 16.1. The second-order valence-corrected chi connectivity index (χ2v) is 6.33. The number of halogens is 1. The minimum Gasteiger partial charge on any atom is -0.496 e. The Morgan fingerprint density at radius 3 is 2.10 bits per heavy atom. The monoisotopic (exact) mass is 347 g/mol. The summed E-state index contributed by atoms with van der Waals surface area (Å²) in [5, 5.41) is 3.43. The Morgan fingerprint density at radius 2 is 1.62 bits per heavy atom. The van der Waals surface area contributed by atoms with E-state index < -0.39 is 0 Å². The minimum absolute atomic E-state index is 0.182. The topological polar surface area (TPSA) is 21.3 Å². The van der Waals surface area contributed by atoms with E-state index in [1.54, 1.807) is 7.11 Å². The van der Waals surface area contributed by atoms with E-state index in [2.05, 4.69) is 72.3 Å². The number of aryl methyl sites for hydroxylation is 3. The zero-order chi connectivity index (χ0) is 15.6. The lowest BCUT2D eigenvalue weighted by Gasteiger charge is -2.22. The highest BCUT2D eigenvalue weighted by Crippen LogP contribution is 2.31. The summed E-state index contributed by atoms with van der Waals surface area (Å²) in [6.45, 7) is 6.33. The smallest absolute Gasteiger partial charge is 0.124 e. The fraction of sp³-hybridized carbons (Fsp3) is 0.333. The number of rotatable bonds is 4. The molecule has 1 atom stereocenters. The van der Waals surface area contributed by atoms with E-state index in [9.17, 15) is 0 Å². The highest BCUT2D eigenvalue weighted by atomic mass is 79.9. The summed E-state index contributed by atoms with van der Waals surface area (Å²) in [5.74, 6) is 0.973. The Balaban J connectivity index is 2.51. The van der Waals surface area contributed by atoms with E-state index in [-0.39, 0.29) is 6.04 Å². The number of benzene rings is 2. The van der Waals surface area contributed by atoms with Gasteiger partial charge in [-0.15, -0.1) is 0 Å². The van der Waals surface area contributed by atoms with Crippen LogP contribution in [0, 0.1) is 20.8 Å². The van der Waals surface area contributed by atoms with Crippen LogP contribution in [-0.4, -0.2) is 14.2 Å². The summed E-state index contributed by atoms with van der Waals surface area (Å²) in [4.78, 5) is 0. The molecule has 0 aliphatic heterocycles. The highest BCUT2D eigenvalue weighted by molar-refractivity contribution is 9.10. The number of hydrogen-bond donors (Lipinski definition) is 1. The van der Waals surface area contributed by atoms with Crippen LogP contribution in [0.15, 0.2) is 34.8 Å². The maximum atomic E-state index is 5.46. The van der Waals surface area contributed by atoms with Gasteiger partial charge in [-0.25, -0.2) is 0 Å². The lowest BCUT2D eigenvalue weighted by atomic mass is 9.92. The van der Waals surface area contributed by atoms with E-state index in [0.29, 0.717) is 0 Å². The lowest BCUT2D eigenvalue weighted by Crippen LogP contribution is -2.19. The standard InChI is InChI=1S/C18H22BrNO/c1-11-10-15(19)6-7-16(11)17(20-4)14-8-12(2)18(21-5)13(3)9-14/h6-10,17,20H,1-5H3. The number of methoxy groups -OCH3 is 1. The molecule has 112 valence electrons. The molecule has 0 heterocycles. The van der Waals surface area contributed by atoms with Crippen molar-refractivity contribution in [2.45, 2.75) is 26.8 Å². The van der Waals surface area contributed by atoms with Crippen LogP contribution in [0.5, 0.6) is 5.75 Å². The minimum atomic E-state index is 0.182. The van der Waals surface area contributed by atoms with Gasteiger partial charge in [0.15, 0.2) is 0 Å². The van der Waals surface area contributed by atoms with Gasteiger partial charge in [0, 0.05) is 4.47 Å². The molecule has 3 heteroatoms. The highest BCUT2D eigenvalue weighted by Gasteiger charge is 2.16. The predicted molar refractivity (Wildman–Crippen MR) is 92.2 cm³/mol. The van der Waals surface area contributed by atoms with Gasteiger partial charge in [0.05, 0.1) is 13.2 Å². The zero-order valence-corrected chi connectivity index (χ0v) is 14.8. The Labute approximate surface area is 135 Å². The molecule has 0 aliphatic rings. The van der Waals surface area contributed by atoms with Gasteiger partial charge < -0.3 is 10.1 Å². The third kappa shape index (κ3) is 3.30. The molecule has 1 unspecified atom stereocenters. The van der Waals surface area contributed by atoms with Gasteiger partial charge in [-0.2, -0.15) is 0 Å². The fourth-order valence-corrected chi connectivity index (χ4v) is 3.41. The maximum absolute atomic E-state index is 5.46. The Kier molecular flexibility index (Phi) is 5.07. The predicted octanol–water partition coefficient (Wildman–Crippen LogP) is 4.69. The molecule has 0 spiro atoms. The van der Waals surface area contributed by atoms with Crippen LogP contribution in [0.4, 0.5) is 0 Å². The van der Waals surface area contributed by atoms with Crippen molar-refractivity contribution in [3.05, 3.63) is 62.6 Å². The first-order valence-corrected chi connectivity index (χ1v) is 7.85. The normalized spacial score (nSPS) is 12.3. The molecular weight excluding hydrogens is 326 g/mol. The molecule has 0 saturated carbocycles. The van der Waals surface area contributed by atoms with Crippen molar-refractivity contribution in [1.82, 2.24) is 5.32 Å². The van der Waals surface area contributed by atoms with E-state index in [0.717, 1.165) is 10.2 Å². The van der Waals surface area contributed by atoms with Gasteiger partial charge in [0.2, 0.25) is 0 Å². The SMILES string of the molecule is CNC(c1cc(C)c(OC)c(C)c1)c1ccc(Br)cc1C. The van der Waals surface area contributed by atoms with Crippen molar-refractivity contribution in [1.29, 1.82) is 0 Å². The Hall–Kier alpha value is -1.32. The van der Waals surface area contributed by atoms with Crippen LogP contribution in [0.1, 0.15) is 33.9 Å². The summed E-state index contributed by atoms with van der Waals surface area (Å²) in [7, 11) is 3.73. The summed E-state index contributed by atoms with van der Waals surface area (Å²) < 4.78 is 6.57. The van der Waals surface area contributed by atoms with Crippen molar-refractivity contribution in [3.63, 3.8) is 0 Å². The molecule has 21 heavy (non-hydrogen) atoms.